The van der Waals surface area contributed by atoms with Gasteiger partial charge in [-0.15, -0.1) is 0 Å². The number of rotatable bonds is 3. The molecule has 1 aliphatic carbocycles. The summed E-state index contributed by atoms with van der Waals surface area (Å²) >= 11 is 0. The van der Waals surface area contributed by atoms with E-state index < -0.39 is 0 Å². The Labute approximate surface area is 107 Å². The van der Waals surface area contributed by atoms with Gasteiger partial charge in [-0.1, -0.05) is 18.2 Å². The van der Waals surface area contributed by atoms with Crippen LogP contribution < -0.4 is 10.5 Å². The van der Waals surface area contributed by atoms with Crippen molar-refractivity contribution in [1.29, 1.82) is 0 Å². The number of benzene rings is 2. The lowest BCUT2D eigenvalue weighted by Gasteiger charge is -2.08. The van der Waals surface area contributed by atoms with E-state index in [1.54, 1.807) is 0 Å². The zero-order chi connectivity index (χ0) is 12.4. The van der Waals surface area contributed by atoms with E-state index in [0.29, 0.717) is 6.61 Å². The van der Waals surface area contributed by atoms with Gasteiger partial charge >= 0.3 is 0 Å². The van der Waals surface area contributed by atoms with Crippen LogP contribution in [-0.4, -0.2) is 0 Å². The van der Waals surface area contributed by atoms with E-state index in [1.807, 2.05) is 24.3 Å². The summed E-state index contributed by atoms with van der Waals surface area (Å²) in [7, 11) is 0. The van der Waals surface area contributed by atoms with Crippen LogP contribution in [0.2, 0.25) is 0 Å². The van der Waals surface area contributed by atoms with Gasteiger partial charge in [-0.3, -0.25) is 0 Å². The molecule has 0 bridgehead atoms. The van der Waals surface area contributed by atoms with Crippen LogP contribution >= 0.6 is 0 Å². The lowest BCUT2D eigenvalue weighted by Crippen LogP contribution is -1.96. The Kier molecular flexibility index (Phi) is 2.93. The Morgan fingerprint density at radius 3 is 2.56 bits per heavy atom. The number of nitrogens with two attached hydrogens (primary N) is 1. The van der Waals surface area contributed by atoms with Crippen LogP contribution in [0.4, 0.5) is 5.69 Å². The fraction of sp³-hybridized carbons (Fsp3) is 0.250. The second-order valence-electron chi connectivity index (χ2n) is 4.81. The molecule has 2 aromatic carbocycles. The zero-order valence-corrected chi connectivity index (χ0v) is 10.4. The van der Waals surface area contributed by atoms with Gasteiger partial charge in [0.25, 0.3) is 0 Å². The molecule has 0 saturated heterocycles. The predicted octanol–water partition coefficient (Wildman–Crippen LogP) is 3.34. The molecule has 2 aromatic rings. The van der Waals surface area contributed by atoms with Gasteiger partial charge in [0.15, 0.2) is 0 Å². The molecule has 0 radical (unpaired) electrons. The Bertz CT molecular complexity index is 546. The normalized spacial score (nSPS) is 13.3. The third kappa shape index (κ3) is 2.33. The van der Waals surface area contributed by atoms with Crippen LogP contribution in [-0.2, 0) is 19.4 Å². The molecule has 0 saturated carbocycles. The number of aryl methyl sites for hydroxylation is 2. The van der Waals surface area contributed by atoms with Crippen molar-refractivity contribution in [3.8, 4) is 5.75 Å². The van der Waals surface area contributed by atoms with Crippen LogP contribution in [0.5, 0.6) is 5.75 Å². The third-order valence-electron chi connectivity index (χ3n) is 3.46. The van der Waals surface area contributed by atoms with Crippen molar-refractivity contribution < 1.29 is 4.74 Å². The van der Waals surface area contributed by atoms with Crippen molar-refractivity contribution in [2.75, 3.05) is 5.73 Å². The van der Waals surface area contributed by atoms with E-state index in [0.717, 1.165) is 17.0 Å². The number of ether oxygens (including phenoxy) is 1. The van der Waals surface area contributed by atoms with E-state index >= 15 is 0 Å². The first kappa shape index (κ1) is 11.1. The molecule has 0 heterocycles. The molecule has 0 unspecified atom stereocenters. The van der Waals surface area contributed by atoms with Crippen molar-refractivity contribution in [1.82, 2.24) is 0 Å². The van der Waals surface area contributed by atoms with E-state index in [2.05, 4.69) is 18.2 Å². The second-order valence-corrected chi connectivity index (χ2v) is 4.81. The summed E-state index contributed by atoms with van der Waals surface area (Å²) in [6.45, 7) is 0.596. The molecule has 18 heavy (non-hydrogen) atoms. The largest absolute Gasteiger partial charge is 0.489 e. The maximum atomic E-state index is 5.82. The average Bonchev–Trinajstić information content (AvgIpc) is 2.85. The zero-order valence-electron chi connectivity index (χ0n) is 10.4. The van der Waals surface area contributed by atoms with E-state index in [1.165, 1.54) is 30.4 Å². The number of hydrogen-bond donors (Lipinski definition) is 1. The summed E-state index contributed by atoms with van der Waals surface area (Å²) in [5.74, 6) is 0.965. The minimum absolute atomic E-state index is 0.596. The summed E-state index contributed by atoms with van der Waals surface area (Å²) in [4.78, 5) is 0. The van der Waals surface area contributed by atoms with Crippen LogP contribution in [0, 0.1) is 0 Å². The van der Waals surface area contributed by atoms with E-state index in [-0.39, 0.29) is 0 Å². The van der Waals surface area contributed by atoms with Crippen molar-refractivity contribution >= 4 is 5.69 Å². The Morgan fingerprint density at radius 1 is 0.944 bits per heavy atom. The minimum atomic E-state index is 0.596. The molecule has 0 aliphatic heterocycles. The van der Waals surface area contributed by atoms with Crippen LogP contribution in [0.1, 0.15) is 23.1 Å². The molecule has 2 N–H and O–H groups in total. The maximum Gasteiger partial charge on any atom is 0.120 e. The van der Waals surface area contributed by atoms with Crippen LogP contribution in [0.25, 0.3) is 0 Å². The number of fused-ring (bicyclic) bond motifs is 1. The standard InChI is InChI=1S/C16H17NO/c17-15-7-4-12(5-8-15)11-18-16-9-6-13-2-1-3-14(13)10-16/h4-10H,1-3,11,17H2. The second kappa shape index (κ2) is 4.73. The molecule has 2 nitrogen and oxygen atoms in total. The van der Waals surface area contributed by atoms with Crippen LogP contribution in [0.3, 0.4) is 0 Å². The summed E-state index contributed by atoms with van der Waals surface area (Å²) in [5.41, 5.74) is 10.5. The van der Waals surface area contributed by atoms with Crippen molar-refractivity contribution in [3.63, 3.8) is 0 Å². The molecule has 0 fully saturated rings. The molecule has 92 valence electrons. The highest BCUT2D eigenvalue weighted by Crippen LogP contribution is 2.26. The molecular formula is C16H17NO. The molecule has 1 aliphatic rings. The Hall–Kier alpha value is -1.96. The van der Waals surface area contributed by atoms with Gasteiger partial charge in [-0.2, -0.15) is 0 Å². The van der Waals surface area contributed by atoms with Gasteiger partial charge < -0.3 is 10.5 Å². The quantitative estimate of drug-likeness (QED) is 0.834. The molecule has 0 spiro atoms. The predicted molar refractivity (Wildman–Crippen MR) is 73.7 cm³/mol. The fourth-order valence-electron chi connectivity index (χ4n) is 2.42. The lowest BCUT2D eigenvalue weighted by atomic mass is 10.1. The summed E-state index contributed by atoms with van der Waals surface area (Å²) in [5, 5.41) is 0. The summed E-state index contributed by atoms with van der Waals surface area (Å²) < 4.78 is 5.82. The molecular weight excluding hydrogens is 222 g/mol. The van der Waals surface area contributed by atoms with Gasteiger partial charge in [0.2, 0.25) is 0 Å². The first-order valence-electron chi connectivity index (χ1n) is 6.40. The van der Waals surface area contributed by atoms with Crippen molar-refractivity contribution in [2.24, 2.45) is 0 Å². The molecule has 0 atom stereocenters. The van der Waals surface area contributed by atoms with Crippen molar-refractivity contribution in [3.05, 3.63) is 59.2 Å². The van der Waals surface area contributed by atoms with Gasteiger partial charge in [0.1, 0.15) is 12.4 Å². The number of nitrogen functional groups attached to an aromatic ring is 1. The minimum Gasteiger partial charge on any atom is -0.489 e. The Balaban J connectivity index is 1.68. The van der Waals surface area contributed by atoms with E-state index in [9.17, 15) is 0 Å². The third-order valence-corrected chi connectivity index (χ3v) is 3.46. The van der Waals surface area contributed by atoms with E-state index in [4.69, 9.17) is 10.5 Å². The first-order chi connectivity index (χ1) is 8.81. The lowest BCUT2D eigenvalue weighted by molar-refractivity contribution is 0.306. The van der Waals surface area contributed by atoms with Crippen LogP contribution in [0.15, 0.2) is 42.5 Å². The average molecular weight is 239 g/mol. The summed E-state index contributed by atoms with van der Waals surface area (Å²) in [6, 6.07) is 14.3. The van der Waals surface area contributed by atoms with Gasteiger partial charge in [-0.05, 0) is 60.2 Å². The maximum absolute atomic E-state index is 5.82. The fourth-order valence-corrected chi connectivity index (χ4v) is 2.42. The molecule has 2 heteroatoms. The molecule has 0 amide bonds. The highest BCUT2D eigenvalue weighted by Gasteiger charge is 2.11. The van der Waals surface area contributed by atoms with Gasteiger partial charge in [0, 0.05) is 5.69 Å². The summed E-state index contributed by atoms with van der Waals surface area (Å²) in [6.07, 6.45) is 3.68. The topological polar surface area (TPSA) is 35.2 Å². The highest BCUT2D eigenvalue weighted by molar-refractivity contribution is 5.40. The van der Waals surface area contributed by atoms with Gasteiger partial charge in [-0.25, -0.2) is 0 Å². The first-order valence-corrected chi connectivity index (χ1v) is 6.40. The van der Waals surface area contributed by atoms with Gasteiger partial charge in [0.05, 0.1) is 0 Å². The smallest absolute Gasteiger partial charge is 0.120 e. The number of hydrogen-bond acceptors (Lipinski definition) is 2. The Morgan fingerprint density at radius 2 is 1.72 bits per heavy atom. The number of anilines is 1. The molecule has 0 aromatic heterocycles. The molecule has 3 rings (SSSR count). The highest BCUT2D eigenvalue weighted by atomic mass is 16.5. The van der Waals surface area contributed by atoms with Crippen molar-refractivity contribution in [2.45, 2.75) is 25.9 Å². The SMILES string of the molecule is Nc1ccc(COc2ccc3c(c2)CCC3)cc1. The monoisotopic (exact) mass is 239 g/mol.